The lowest BCUT2D eigenvalue weighted by Crippen LogP contribution is -2.53. The van der Waals surface area contributed by atoms with Gasteiger partial charge in [-0.05, 0) is 36.7 Å². The van der Waals surface area contributed by atoms with Crippen molar-refractivity contribution < 1.29 is 28.6 Å². The number of fused-ring (bicyclic) bond motifs is 1. The Bertz CT molecular complexity index is 1030. The molecule has 0 spiro atoms. The molecule has 0 fully saturated rings. The normalized spacial score (nSPS) is 20.1. The van der Waals surface area contributed by atoms with Crippen molar-refractivity contribution in [2.45, 2.75) is 37.9 Å². The molecule has 31 heavy (non-hydrogen) atoms. The largest absolute Gasteiger partial charge is 0.471 e. The van der Waals surface area contributed by atoms with Gasteiger partial charge in [-0.15, -0.1) is 0 Å². The number of imide groups is 1. The van der Waals surface area contributed by atoms with E-state index in [0.717, 1.165) is 11.0 Å². The highest BCUT2D eigenvalue weighted by atomic mass is 79.9. The molecule has 0 saturated carbocycles. The fraction of sp³-hybridized carbons (Fsp3) is 0.364. The van der Waals surface area contributed by atoms with Crippen molar-refractivity contribution in [3.8, 4) is 5.75 Å². The number of amides is 2. The molecule has 0 saturated heterocycles. The number of ether oxygens (including phenoxy) is 2. The highest BCUT2D eigenvalue weighted by Crippen LogP contribution is 2.55. The average molecular weight is 515 g/mol. The van der Waals surface area contributed by atoms with E-state index >= 15 is 0 Å². The fourth-order valence-electron chi connectivity index (χ4n) is 3.59. The van der Waals surface area contributed by atoms with Crippen LogP contribution in [0.2, 0.25) is 5.02 Å². The molecule has 0 aliphatic carbocycles. The molecule has 2 aromatic rings. The first-order chi connectivity index (χ1) is 14.4. The van der Waals surface area contributed by atoms with Crippen LogP contribution in [0, 0.1) is 5.82 Å². The van der Waals surface area contributed by atoms with Crippen molar-refractivity contribution in [2.24, 2.45) is 0 Å². The van der Waals surface area contributed by atoms with Crippen molar-refractivity contribution in [3.05, 3.63) is 62.8 Å². The predicted octanol–water partition coefficient (Wildman–Crippen LogP) is 5.00. The second-order valence-electron chi connectivity index (χ2n) is 8.18. The summed E-state index contributed by atoms with van der Waals surface area (Å²) in [5.41, 5.74) is -1.96. The van der Waals surface area contributed by atoms with Gasteiger partial charge in [0.15, 0.2) is 0 Å². The molecule has 6 nitrogen and oxygen atoms in total. The number of rotatable bonds is 3. The van der Waals surface area contributed by atoms with E-state index in [1.807, 2.05) is 0 Å². The quantitative estimate of drug-likeness (QED) is 0.584. The Morgan fingerprint density at radius 3 is 2.48 bits per heavy atom. The summed E-state index contributed by atoms with van der Waals surface area (Å²) in [4.78, 5) is 27.2. The summed E-state index contributed by atoms with van der Waals surface area (Å²) in [5, 5.41) is 10.1. The predicted molar refractivity (Wildman–Crippen MR) is 117 cm³/mol. The molecular weight excluding hydrogens is 493 g/mol. The van der Waals surface area contributed by atoms with E-state index in [1.165, 1.54) is 7.05 Å². The second kappa shape index (κ2) is 8.41. The number of aliphatic hydroxyl groups is 1. The Morgan fingerprint density at radius 1 is 1.32 bits per heavy atom. The first-order valence-electron chi connectivity index (χ1n) is 9.48. The van der Waals surface area contributed by atoms with Crippen LogP contribution in [0.4, 0.5) is 9.18 Å². The summed E-state index contributed by atoms with van der Waals surface area (Å²) in [6, 6.07) is 9.49. The van der Waals surface area contributed by atoms with Gasteiger partial charge >= 0.3 is 6.09 Å². The van der Waals surface area contributed by atoms with Gasteiger partial charge < -0.3 is 14.6 Å². The van der Waals surface area contributed by atoms with Crippen LogP contribution in [-0.4, -0.2) is 41.3 Å². The average Bonchev–Trinajstić information content (AvgIpc) is 3.05. The minimum Gasteiger partial charge on any atom is -0.471 e. The third-order valence-electron chi connectivity index (χ3n) is 4.95. The van der Waals surface area contributed by atoms with Gasteiger partial charge in [-0.25, -0.2) is 14.1 Å². The minimum atomic E-state index is -1.84. The van der Waals surface area contributed by atoms with Gasteiger partial charge in [0.2, 0.25) is 5.60 Å². The molecule has 2 atom stereocenters. The third-order valence-corrected chi connectivity index (χ3v) is 6.37. The first-order valence-corrected chi connectivity index (χ1v) is 10.6. The molecule has 0 aromatic heterocycles. The lowest BCUT2D eigenvalue weighted by atomic mass is 9.78. The number of benzene rings is 2. The Kier molecular flexibility index (Phi) is 6.37. The van der Waals surface area contributed by atoms with Gasteiger partial charge in [0.1, 0.15) is 17.2 Å². The van der Waals surface area contributed by atoms with Crippen molar-refractivity contribution in [1.82, 2.24) is 4.90 Å². The van der Waals surface area contributed by atoms with Gasteiger partial charge in [-0.1, -0.05) is 41.9 Å². The molecule has 1 heterocycles. The fourth-order valence-corrected chi connectivity index (χ4v) is 4.41. The first kappa shape index (κ1) is 23.5. The molecule has 0 radical (unpaired) electrons. The number of hydrogen-bond acceptors (Lipinski definition) is 5. The van der Waals surface area contributed by atoms with Crippen LogP contribution in [0.25, 0.3) is 0 Å². The van der Waals surface area contributed by atoms with E-state index < -0.39 is 41.5 Å². The molecule has 2 amide bonds. The van der Waals surface area contributed by atoms with Crippen LogP contribution in [0.3, 0.4) is 0 Å². The molecule has 3 rings (SSSR count). The van der Waals surface area contributed by atoms with Gasteiger partial charge in [-0.2, -0.15) is 0 Å². The number of carbonyl (C=O) groups is 2. The van der Waals surface area contributed by atoms with Crippen LogP contribution < -0.4 is 4.74 Å². The zero-order chi connectivity index (χ0) is 23.1. The Hall–Kier alpha value is -2.16. The summed E-state index contributed by atoms with van der Waals surface area (Å²) in [6.07, 6.45) is -0.882. The lowest BCUT2D eigenvalue weighted by molar-refractivity contribution is -0.148. The maximum atomic E-state index is 14.3. The number of carbonyl (C=O) groups excluding carboxylic acids is 2. The lowest BCUT2D eigenvalue weighted by Gasteiger charge is -2.36. The summed E-state index contributed by atoms with van der Waals surface area (Å²) >= 11 is 9.32. The molecular formula is C22H22BrClFNO5. The van der Waals surface area contributed by atoms with E-state index in [4.69, 9.17) is 21.1 Å². The maximum absolute atomic E-state index is 14.3. The van der Waals surface area contributed by atoms with Gasteiger partial charge in [0, 0.05) is 28.7 Å². The van der Waals surface area contributed by atoms with E-state index in [1.54, 1.807) is 51.1 Å². The molecule has 1 N–H and O–H groups in total. The van der Waals surface area contributed by atoms with Crippen LogP contribution >= 0.6 is 27.5 Å². The summed E-state index contributed by atoms with van der Waals surface area (Å²) in [7, 11) is 1.27. The second-order valence-corrected chi connectivity index (χ2v) is 9.35. The van der Waals surface area contributed by atoms with E-state index in [-0.39, 0.29) is 15.2 Å². The van der Waals surface area contributed by atoms with Crippen LogP contribution in [0.15, 0.2) is 40.9 Å². The topological polar surface area (TPSA) is 76.1 Å². The molecule has 1 aliphatic heterocycles. The maximum Gasteiger partial charge on any atom is 0.416 e. The molecule has 1 aliphatic rings. The molecule has 2 aromatic carbocycles. The minimum absolute atomic E-state index is 0.0441. The van der Waals surface area contributed by atoms with Gasteiger partial charge in [-0.3, -0.25) is 4.79 Å². The van der Waals surface area contributed by atoms with Crippen LogP contribution in [0.5, 0.6) is 5.75 Å². The zero-order valence-corrected chi connectivity index (χ0v) is 19.8. The van der Waals surface area contributed by atoms with Crippen molar-refractivity contribution in [1.29, 1.82) is 0 Å². The SMILES string of the molecule is CN(C(=O)OC(C)(C)C)C(=O)[C@]1(c2ccccc2)Oc2cc(F)c(Cl)c(Br)c2[C@@H]1CO. The molecule has 166 valence electrons. The highest BCUT2D eigenvalue weighted by Gasteiger charge is 2.58. The Balaban J connectivity index is 2.19. The number of hydrogen-bond donors (Lipinski definition) is 1. The summed E-state index contributed by atoms with van der Waals surface area (Å²) in [5.74, 6) is -2.45. The van der Waals surface area contributed by atoms with Gasteiger partial charge in [0.25, 0.3) is 5.91 Å². The van der Waals surface area contributed by atoms with Crippen LogP contribution in [0.1, 0.15) is 37.8 Å². The highest BCUT2D eigenvalue weighted by molar-refractivity contribution is 9.10. The number of likely N-dealkylation sites (N-methyl/N-ethyl adjacent to an activating group) is 1. The summed E-state index contributed by atoms with van der Waals surface area (Å²) < 4.78 is 25.9. The van der Waals surface area contributed by atoms with Crippen molar-refractivity contribution >= 4 is 39.5 Å². The Morgan fingerprint density at radius 2 is 1.94 bits per heavy atom. The summed E-state index contributed by atoms with van der Waals surface area (Å²) in [6.45, 7) is 4.50. The molecule has 0 bridgehead atoms. The smallest absolute Gasteiger partial charge is 0.416 e. The third kappa shape index (κ3) is 4.04. The standard InChI is InChI=1S/C22H22BrClFNO5/c1-21(2,3)31-20(29)26(4)19(28)22(12-8-6-5-7-9-12)13(11-27)16-15(30-22)10-14(25)18(24)17(16)23/h5-10,13,27H,11H2,1-4H3/t13-,22+/m0/s1. The zero-order valence-electron chi connectivity index (χ0n) is 17.4. The number of aliphatic hydroxyl groups excluding tert-OH is 1. The van der Waals surface area contributed by atoms with Crippen LogP contribution in [-0.2, 0) is 15.1 Å². The number of nitrogens with zero attached hydrogens (tertiary/aromatic N) is 1. The Labute approximate surface area is 193 Å². The molecule has 9 heteroatoms. The van der Waals surface area contributed by atoms with E-state index in [9.17, 15) is 19.1 Å². The van der Waals surface area contributed by atoms with E-state index in [0.29, 0.717) is 11.1 Å². The van der Waals surface area contributed by atoms with Gasteiger partial charge in [0.05, 0.1) is 17.5 Å². The van der Waals surface area contributed by atoms with E-state index in [2.05, 4.69) is 15.9 Å². The van der Waals surface area contributed by atoms with Crippen molar-refractivity contribution in [2.75, 3.05) is 13.7 Å². The number of halogens is 3. The monoisotopic (exact) mass is 513 g/mol. The molecule has 0 unspecified atom stereocenters. The van der Waals surface area contributed by atoms with Crippen molar-refractivity contribution in [3.63, 3.8) is 0 Å².